The minimum Gasteiger partial charge on any atom is -0.464 e. The molecule has 0 aliphatic heterocycles. The lowest BCUT2D eigenvalue weighted by Crippen LogP contribution is -2.53. The van der Waals surface area contributed by atoms with Gasteiger partial charge in [-0.1, -0.05) is 44.2 Å². The number of hydrogen-bond acceptors (Lipinski definition) is 5. The van der Waals surface area contributed by atoms with E-state index in [2.05, 4.69) is 10.6 Å². The van der Waals surface area contributed by atoms with Crippen molar-refractivity contribution in [3.63, 3.8) is 0 Å². The SMILES string of the molecule is CCOC(=O)[C@H](CC(C)C)NC(=O)[C@H](Cc1ccccc1)NC(=O)OC(C)(C)C. The van der Waals surface area contributed by atoms with Gasteiger partial charge in [-0.05, 0) is 45.6 Å². The Balaban J connectivity index is 2.97. The van der Waals surface area contributed by atoms with E-state index in [-0.39, 0.29) is 18.9 Å². The van der Waals surface area contributed by atoms with Crippen LogP contribution < -0.4 is 10.6 Å². The predicted molar refractivity (Wildman–Crippen MR) is 111 cm³/mol. The van der Waals surface area contributed by atoms with E-state index in [1.54, 1.807) is 27.7 Å². The van der Waals surface area contributed by atoms with Crippen LogP contribution in [-0.4, -0.2) is 42.3 Å². The normalized spacial score (nSPS) is 13.3. The molecule has 0 heterocycles. The van der Waals surface area contributed by atoms with E-state index in [1.807, 2.05) is 44.2 Å². The lowest BCUT2D eigenvalue weighted by molar-refractivity contribution is -0.148. The van der Waals surface area contributed by atoms with Gasteiger partial charge < -0.3 is 20.1 Å². The Bertz CT molecular complexity index is 668. The Kier molecular flexibility index (Phi) is 9.65. The van der Waals surface area contributed by atoms with Crippen LogP contribution in [-0.2, 0) is 25.5 Å². The van der Waals surface area contributed by atoms with Crippen molar-refractivity contribution in [3.8, 4) is 0 Å². The van der Waals surface area contributed by atoms with Gasteiger partial charge in [0.05, 0.1) is 6.61 Å². The van der Waals surface area contributed by atoms with Gasteiger partial charge in [-0.15, -0.1) is 0 Å². The third-order valence-corrected chi connectivity index (χ3v) is 3.88. The molecule has 29 heavy (non-hydrogen) atoms. The summed E-state index contributed by atoms with van der Waals surface area (Å²) in [5.41, 5.74) is 0.184. The van der Waals surface area contributed by atoms with Gasteiger partial charge >= 0.3 is 12.1 Å². The number of esters is 1. The minimum absolute atomic E-state index is 0.177. The maximum Gasteiger partial charge on any atom is 0.408 e. The summed E-state index contributed by atoms with van der Waals surface area (Å²) in [5, 5.41) is 5.36. The molecule has 0 aromatic heterocycles. The summed E-state index contributed by atoms with van der Waals surface area (Å²) in [6.07, 6.45) is 0.0169. The Hall–Kier alpha value is -2.57. The molecule has 2 atom stereocenters. The Morgan fingerprint density at radius 1 is 1.00 bits per heavy atom. The second-order valence-electron chi connectivity index (χ2n) is 8.33. The molecular weight excluding hydrogens is 372 g/mol. The fourth-order valence-electron chi connectivity index (χ4n) is 2.71. The van der Waals surface area contributed by atoms with Crippen LogP contribution >= 0.6 is 0 Å². The maximum absolute atomic E-state index is 13.0. The monoisotopic (exact) mass is 406 g/mol. The first kappa shape index (κ1) is 24.5. The highest BCUT2D eigenvalue weighted by Crippen LogP contribution is 2.11. The van der Waals surface area contributed by atoms with Crippen LogP contribution in [0.25, 0.3) is 0 Å². The molecule has 0 unspecified atom stereocenters. The van der Waals surface area contributed by atoms with E-state index in [9.17, 15) is 14.4 Å². The molecule has 0 saturated heterocycles. The third-order valence-electron chi connectivity index (χ3n) is 3.88. The van der Waals surface area contributed by atoms with Gasteiger partial charge in [-0.2, -0.15) is 0 Å². The van der Waals surface area contributed by atoms with Crippen LogP contribution in [0.5, 0.6) is 0 Å². The highest BCUT2D eigenvalue weighted by atomic mass is 16.6. The second kappa shape index (κ2) is 11.4. The van der Waals surface area contributed by atoms with Crippen molar-refractivity contribution in [2.45, 2.75) is 72.1 Å². The summed E-state index contributed by atoms with van der Waals surface area (Å²) in [6, 6.07) is 7.66. The number of carbonyl (C=O) groups is 3. The van der Waals surface area contributed by atoms with Crippen molar-refractivity contribution in [1.82, 2.24) is 10.6 Å². The number of rotatable bonds is 9. The van der Waals surface area contributed by atoms with E-state index in [4.69, 9.17) is 9.47 Å². The van der Waals surface area contributed by atoms with Crippen LogP contribution in [0.15, 0.2) is 30.3 Å². The molecule has 0 aliphatic carbocycles. The highest BCUT2D eigenvalue weighted by molar-refractivity contribution is 5.90. The smallest absolute Gasteiger partial charge is 0.408 e. The first-order chi connectivity index (χ1) is 13.5. The first-order valence-electron chi connectivity index (χ1n) is 10.0. The van der Waals surface area contributed by atoms with E-state index in [0.29, 0.717) is 6.42 Å². The lowest BCUT2D eigenvalue weighted by atomic mass is 10.0. The summed E-state index contributed by atoms with van der Waals surface area (Å²) in [6.45, 7) is 11.1. The van der Waals surface area contributed by atoms with Gasteiger partial charge in [0.1, 0.15) is 17.7 Å². The zero-order valence-electron chi connectivity index (χ0n) is 18.3. The van der Waals surface area contributed by atoms with Gasteiger partial charge in [-0.25, -0.2) is 9.59 Å². The molecule has 0 spiro atoms. The molecule has 0 saturated carbocycles. The number of nitrogens with one attached hydrogen (secondary N) is 2. The number of alkyl carbamates (subject to hydrolysis) is 1. The Morgan fingerprint density at radius 3 is 2.14 bits per heavy atom. The summed E-state index contributed by atoms with van der Waals surface area (Å²) in [5.74, 6) is -0.764. The predicted octanol–water partition coefficient (Wildman–Crippen LogP) is 3.22. The van der Waals surface area contributed by atoms with Crippen molar-refractivity contribution in [2.75, 3.05) is 6.61 Å². The molecular formula is C22H34N2O5. The van der Waals surface area contributed by atoms with Crippen molar-refractivity contribution in [3.05, 3.63) is 35.9 Å². The zero-order chi connectivity index (χ0) is 22.0. The fraction of sp³-hybridized carbons (Fsp3) is 0.591. The van der Waals surface area contributed by atoms with Gasteiger partial charge in [0.2, 0.25) is 5.91 Å². The van der Waals surface area contributed by atoms with Gasteiger partial charge in [0.15, 0.2) is 0 Å². The zero-order valence-corrected chi connectivity index (χ0v) is 18.3. The van der Waals surface area contributed by atoms with Gasteiger partial charge in [-0.3, -0.25) is 4.79 Å². The average Bonchev–Trinajstić information content (AvgIpc) is 2.59. The first-order valence-corrected chi connectivity index (χ1v) is 10.0. The molecule has 7 nitrogen and oxygen atoms in total. The summed E-state index contributed by atoms with van der Waals surface area (Å²) in [7, 11) is 0. The maximum atomic E-state index is 13.0. The van der Waals surface area contributed by atoms with E-state index in [0.717, 1.165) is 5.56 Å². The van der Waals surface area contributed by atoms with Crippen molar-refractivity contribution in [1.29, 1.82) is 0 Å². The molecule has 7 heteroatoms. The molecule has 0 fully saturated rings. The molecule has 0 radical (unpaired) electrons. The van der Waals surface area contributed by atoms with Crippen LogP contribution in [0.4, 0.5) is 4.79 Å². The van der Waals surface area contributed by atoms with E-state index >= 15 is 0 Å². The quantitative estimate of drug-likeness (QED) is 0.614. The average molecular weight is 407 g/mol. The van der Waals surface area contributed by atoms with Crippen LogP contribution in [0.1, 0.15) is 53.5 Å². The largest absolute Gasteiger partial charge is 0.464 e. The van der Waals surface area contributed by atoms with Crippen molar-refractivity contribution < 1.29 is 23.9 Å². The minimum atomic E-state index is -0.892. The van der Waals surface area contributed by atoms with Crippen LogP contribution in [0.2, 0.25) is 0 Å². The summed E-state index contributed by atoms with van der Waals surface area (Å²) >= 11 is 0. The van der Waals surface area contributed by atoms with Crippen molar-refractivity contribution >= 4 is 18.0 Å². The highest BCUT2D eigenvalue weighted by Gasteiger charge is 2.29. The Morgan fingerprint density at radius 2 is 1.62 bits per heavy atom. The molecule has 0 aliphatic rings. The molecule has 2 N–H and O–H groups in total. The number of ether oxygens (including phenoxy) is 2. The van der Waals surface area contributed by atoms with E-state index < -0.39 is 35.7 Å². The van der Waals surface area contributed by atoms with E-state index in [1.165, 1.54) is 0 Å². The third kappa shape index (κ3) is 9.96. The van der Waals surface area contributed by atoms with Crippen LogP contribution in [0, 0.1) is 5.92 Å². The van der Waals surface area contributed by atoms with Gasteiger partial charge in [0.25, 0.3) is 0 Å². The number of benzene rings is 1. The number of hydrogen-bond donors (Lipinski definition) is 2. The number of carbonyl (C=O) groups excluding carboxylic acids is 3. The molecule has 162 valence electrons. The van der Waals surface area contributed by atoms with Crippen molar-refractivity contribution in [2.24, 2.45) is 5.92 Å². The van der Waals surface area contributed by atoms with Gasteiger partial charge in [0, 0.05) is 6.42 Å². The standard InChI is InChI=1S/C22H34N2O5/c1-7-28-20(26)18(13-15(2)3)23-19(25)17(14-16-11-9-8-10-12-16)24-21(27)29-22(4,5)6/h8-12,15,17-18H,7,13-14H2,1-6H3,(H,23,25)(H,24,27)/t17-,18-/m0/s1. The summed E-state index contributed by atoms with van der Waals surface area (Å²) < 4.78 is 10.4. The number of amides is 2. The second-order valence-corrected chi connectivity index (χ2v) is 8.33. The summed E-state index contributed by atoms with van der Waals surface area (Å²) in [4.78, 5) is 37.5. The fourth-order valence-corrected chi connectivity index (χ4v) is 2.71. The molecule has 0 bridgehead atoms. The topological polar surface area (TPSA) is 93.7 Å². The molecule has 1 aromatic rings. The molecule has 1 aromatic carbocycles. The lowest BCUT2D eigenvalue weighted by Gasteiger charge is -2.25. The molecule has 1 rings (SSSR count). The molecule has 2 amide bonds. The Labute approximate surface area is 173 Å². The van der Waals surface area contributed by atoms with Crippen LogP contribution in [0.3, 0.4) is 0 Å².